The van der Waals surface area contributed by atoms with E-state index in [1.54, 1.807) is 20.8 Å². The number of amides is 2. The number of hydrogen-bond donors (Lipinski definition) is 3. The van der Waals surface area contributed by atoms with Gasteiger partial charge in [0.1, 0.15) is 22.4 Å². The number of ether oxygens (including phenoxy) is 2. The van der Waals surface area contributed by atoms with Crippen LogP contribution in [0.1, 0.15) is 27.7 Å². The second-order valence-corrected chi connectivity index (χ2v) is 10.1. The fourth-order valence-corrected chi connectivity index (χ4v) is 4.35. The van der Waals surface area contributed by atoms with Crippen LogP contribution in [0.15, 0.2) is 47.4 Å². The molecule has 0 aliphatic rings. The second kappa shape index (κ2) is 11.6. The van der Waals surface area contributed by atoms with Crippen molar-refractivity contribution in [3.05, 3.63) is 42.5 Å². The summed E-state index contributed by atoms with van der Waals surface area (Å²) in [6.45, 7) is 6.63. The Labute approximate surface area is 205 Å². The number of benzene rings is 2. The molecule has 0 spiro atoms. The summed E-state index contributed by atoms with van der Waals surface area (Å²) in [7, 11) is -2.98. The van der Waals surface area contributed by atoms with Crippen LogP contribution in [0.5, 0.6) is 11.5 Å². The molecule has 13 heteroatoms. The van der Waals surface area contributed by atoms with Gasteiger partial charge in [-0.15, -0.1) is 0 Å². The number of alkyl halides is 2. The highest BCUT2D eigenvalue weighted by atomic mass is 32.2. The van der Waals surface area contributed by atoms with Gasteiger partial charge in [0.2, 0.25) is 11.8 Å². The summed E-state index contributed by atoms with van der Waals surface area (Å²) < 4.78 is 64.5. The number of sulfonamides is 1. The first-order valence-electron chi connectivity index (χ1n) is 10.5. The number of rotatable bonds is 11. The molecule has 0 radical (unpaired) electrons. The molecule has 192 valence electrons. The van der Waals surface area contributed by atoms with E-state index in [0.717, 1.165) is 6.07 Å². The molecule has 0 aromatic heterocycles. The Balaban J connectivity index is 2.31. The number of carbonyl (C=O) groups is 2. The highest BCUT2D eigenvalue weighted by Gasteiger charge is 2.26. The molecule has 2 rings (SSSR count). The number of carbonyl (C=O) groups excluding carboxylic acids is 2. The third kappa shape index (κ3) is 8.63. The third-order valence-electron chi connectivity index (χ3n) is 4.45. The van der Waals surface area contributed by atoms with Gasteiger partial charge in [-0.25, -0.2) is 8.42 Å². The van der Waals surface area contributed by atoms with Crippen molar-refractivity contribution in [3.63, 3.8) is 0 Å². The molecule has 0 aliphatic heterocycles. The van der Waals surface area contributed by atoms with Gasteiger partial charge in [0.05, 0.1) is 12.3 Å². The summed E-state index contributed by atoms with van der Waals surface area (Å²) in [6, 6.07) is 8.24. The van der Waals surface area contributed by atoms with E-state index in [9.17, 15) is 26.8 Å². The maximum absolute atomic E-state index is 13.1. The molecular weight excluding hydrogens is 503 g/mol. The normalized spacial score (nSPS) is 12.6. The summed E-state index contributed by atoms with van der Waals surface area (Å²) in [4.78, 5) is 23.8. The maximum Gasteiger partial charge on any atom is 0.408 e. The Bertz CT molecular complexity index is 1170. The van der Waals surface area contributed by atoms with Gasteiger partial charge in [0.15, 0.2) is 0 Å². The lowest BCUT2D eigenvalue weighted by atomic mass is 10.0. The molecule has 35 heavy (non-hydrogen) atoms. The van der Waals surface area contributed by atoms with Crippen molar-refractivity contribution in [1.29, 1.82) is 0 Å². The molecule has 0 bridgehead atoms. The van der Waals surface area contributed by atoms with Gasteiger partial charge in [-0.05, 0) is 46.3 Å². The van der Waals surface area contributed by atoms with Crippen molar-refractivity contribution < 1.29 is 36.3 Å². The van der Waals surface area contributed by atoms with Crippen LogP contribution in [0.3, 0.4) is 0 Å². The van der Waals surface area contributed by atoms with Crippen molar-refractivity contribution in [2.45, 2.75) is 44.5 Å². The fourth-order valence-electron chi connectivity index (χ4n) is 3.04. The molecule has 2 aromatic rings. The van der Waals surface area contributed by atoms with Crippen LogP contribution in [-0.4, -0.2) is 38.7 Å². The molecule has 3 N–H and O–H groups in total. The Kier molecular flexibility index (Phi) is 9.39. The fraction of sp³-hybridized carbons (Fsp3) is 0.364. The zero-order valence-corrected chi connectivity index (χ0v) is 21.6. The molecule has 2 aromatic carbocycles. The van der Waals surface area contributed by atoms with Crippen LogP contribution >= 0.6 is 9.24 Å². The second-order valence-electron chi connectivity index (χ2n) is 7.80. The Hall–Kier alpha value is -2.98. The van der Waals surface area contributed by atoms with E-state index >= 15 is 0 Å². The summed E-state index contributed by atoms with van der Waals surface area (Å²) in [5.74, 6) is -4.84. The van der Waals surface area contributed by atoms with Crippen molar-refractivity contribution in [2.75, 3.05) is 16.6 Å². The van der Waals surface area contributed by atoms with Crippen LogP contribution in [-0.2, 0) is 19.6 Å². The van der Waals surface area contributed by atoms with Gasteiger partial charge in [-0.3, -0.25) is 14.3 Å². The van der Waals surface area contributed by atoms with Crippen molar-refractivity contribution in [2.24, 2.45) is 5.92 Å². The molecule has 2 atom stereocenters. The highest BCUT2D eigenvalue weighted by Crippen LogP contribution is 2.32. The number of halogens is 2. The number of hydrogen-bond acceptors (Lipinski definition) is 6. The lowest BCUT2D eigenvalue weighted by Crippen LogP contribution is -2.46. The topological polar surface area (TPSA) is 123 Å². The van der Waals surface area contributed by atoms with Gasteiger partial charge in [-0.2, -0.15) is 8.78 Å². The largest absolute Gasteiger partial charge is 0.492 e. The van der Waals surface area contributed by atoms with Crippen LogP contribution in [0.25, 0.3) is 0 Å². The van der Waals surface area contributed by atoms with E-state index in [2.05, 4.69) is 20.1 Å². The lowest BCUT2D eigenvalue weighted by molar-refractivity contribution is -0.126. The molecular formula is C22H28F2N3O6PS. The minimum Gasteiger partial charge on any atom is -0.492 e. The van der Waals surface area contributed by atoms with E-state index in [0.29, 0.717) is 0 Å². The smallest absolute Gasteiger partial charge is 0.408 e. The predicted octanol–water partition coefficient (Wildman–Crippen LogP) is 3.79. The van der Waals surface area contributed by atoms with E-state index in [1.807, 2.05) is 0 Å². The minimum atomic E-state index is -4.21. The monoisotopic (exact) mass is 531 g/mol. The van der Waals surface area contributed by atoms with E-state index in [1.165, 1.54) is 52.6 Å². The first-order chi connectivity index (χ1) is 16.2. The van der Waals surface area contributed by atoms with Gasteiger partial charge in [0.25, 0.3) is 10.0 Å². The third-order valence-corrected chi connectivity index (χ3v) is 5.99. The lowest BCUT2D eigenvalue weighted by Gasteiger charge is -2.21. The Morgan fingerprint density at radius 3 is 2.37 bits per heavy atom. The first kappa shape index (κ1) is 28.3. The quantitative estimate of drug-likeness (QED) is 0.379. The standard InChI is InChI=1S/C22H28F2N3O6PS/c1-5-32-18-12-15(26-21(29)20(13(2)3)25-14(4)28)9-10-19(18)35(30,31)27-16-7-6-8-17(11-16)33-22(23,24)34/h6-13,20,27H,5,34H2,1-4H3,(H,25,28)(H,26,29)/t20-/m0/s1. The molecule has 1 unspecified atom stereocenters. The molecule has 0 saturated heterocycles. The van der Waals surface area contributed by atoms with E-state index < -0.39 is 27.8 Å². The molecule has 0 heterocycles. The zero-order valence-electron chi connectivity index (χ0n) is 19.6. The van der Waals surface area contributed by atoms with E-state index in [-0.39, 0.29) is 46.2 Å². The average Bonchev–Trinajstić information content (AvgIpc) is 2.70. The summed E-state index contributed by atoms with van der Waals surface area (Å²) >= 11 is 0. The van der Waals surface area contributed by atoms with Crippen LogP contribution in [0, 0.1) is 5.92 Å². The van der Waals surface area contributed by atoms with Crippen molar-refractivity contribution in [3.8, 4) is 11.5 Å². The highest BCUT2D eigenvalue weighted by molar-refractivity contribution is 7.92. The number of anilines is 2. The van der Waals surface area contributed by atoms with E-state index in [4.69, 9.17) is 4.74 Å². The van der Waals surface area contributed by atoms with Crippen LogP contribution < -0.4 is 24.8 Å². The van der Waals surface area contributed by atoms with Crippen LogP contribution in [0.2, 0.25) is 0 Å². The van der Waals surface area contributed by atoms with Gasteiger partial charge in [-0.1, -0.05) is 19.9 Å². The minimum absolute atomic E-state index is 0.00772. The zero-order chi connectivity index (χ0) is 26.4. The molecule has 0 aliphatic carbocycles. The molecule has 9 nitrogen and oxygen atoms in total. The maximum atomic E-state index is 13.1. The van der Waals surface area contributed by atoms with Gasteiger partial charge in [0, 0.05) is 24.7 Å². The molecule has 2 amide bonds. The molecule has 0 saturated carbocycles. The Morgan fingerprint density at radius 1 is 1.11 bits per heavy atom. The summed E-state index contributed by atoms with van der Waals surface area (Å²) in [5, 5.41) is 5.22. The van der Waals surface area contributed by atoms with Gasteiger partial charge >= 0.3 is 5.85 Å². The van der Waals surface area contributed by atoms with Crippen molar-refractivity contribution in [1.82, 2.24) is 5.32 Å². The SMILES string of the molecule is CCOc1cc(NC(=O)[C@@H](NC(C)=O)C(C)C)ccc1S(=O)(=O)Nc1cccc(OC(F)(F)P)c1. The van der Waals surface area contributed by atoms with Crippen molar-refractivity contribution >= 4 is 42.5 Å². The molecule has 0 fully saturated rings. The number of nitrogens with one attached hydrogen (secondary N) is 3. The predicted molar refractivity (Wildman–Crippen MR) is 131 cm³/mol. The first-order valence-corrected chi connectivity index (χ1v) is 12.6. The summed E-state index contributed by atoms with van der Waals surface area (Å²) in [6.07, 6.45) is 0. The van der Waals surface area contributed by atoms with Crippen LogP contribution in [0.4, 0.5) is 20.2 Å². The Morgan fingerprint density at radius 2 is 1.80 bits per heavy atom. The van der Waals surface area contributed by atoms with Gasteiger partial charge < -0.3 is 20.1 Å². The summed E-state index contributed by atoms with van der Waals surface area (Å²) in [5.41, 5.74) is 0.248. The average molecular weight is 532 g/mol.